The SMILES string of the molecule is Cc1cc(F)cc(NC(C#N)C2CC2)c1. The minimum Gasteiger partial charge on any atom is -0.370 e. The Hall–Kier alpha value is -1.56. The molecule has 1 aliphatic carbocycles. The maximum Gasteiger partial charge on any atom is 0.125 e. The quantitative estimate of drug-likeness (QED) is 0.821. The molecule has 0 saturated heterocycles. The number of benzene rings is 1. The first-order chi connectivity index (χ1) is 7.19. The lowest BCUT2D eigenvalue weighted by Crippen LogP contribution is -2.19. The molecule has 0 radical (unpaired) electrons. The van der Waals surface area contributed by atoms with Crippen molar-refractivity contribution in [1.82, 2.24) is 0 Å². The zero-order valence-electron chi connectivity index (χ0n) is 8.63. The summed E-state index contributed by atoms with van der Waals surface area (Å²) in [6, 6.07) is 6.81. The van der Waals surface area contributed by atoms with Crippen molar-refractivity contribution in [3.05, 3.63) is 29.6 Å². The number of nitriles is 1. The van der Waals surface area contributed by atoms with E-state index in [0.717, 1.165) is 18.4 Å². The van der Waals surface area contributed by atoms with Crippen molar-refractivity contribution in [1.29, 1.82) is 5.26 Å². The maximum atomic E-state index is 13.1. The normalized spacial score (nSPS) is 16.9. The van der Waals surface area contributed by atoms with Crippen LogP contribution >= 0.6 is 0 Å². The van der Waals surface area contributed by atoms with Gasteiger partial charge in [0.15, 0.2) is 0 Å². The minimum absolute atomic E-state index is 0.175. The van der Waals surface area contributed by atoms with Crippen molar-refractivity contribution < 1.29 is 4.39 Å². The van der Waals surface area contributed by atoms with Crippen LogP contribution in [-0.2, 0) is 0 Å². The van der Waals surface area contributed by atoms with Crippen LogP contribution < -0.4 is 5.32 Å². The Morgan fingerprint density at radius 3 is 2.73 bits per heavy atom. The van der Waals surface area contributed by atoms with Crippen molar-refractivity contribution in [3.63, 3.8) is 0 Å². The van der Waals surface area contributed by atoms with Gasteiger partial charge in [-0.2, -0.15) is 5.26 Å². The van der Waals surface area contributed by atoms with Crippen LogP contribution in [0.5, 0.6) is 0 Å². The summed E-state index contributed by atoms with van der Waals surface area (Å²) in [6.07, 6.45) is 2.19. The average Bonchev–Trinajstić information content (AvgIpc) is 2.95. The highest BCUT2D eigenvalue weighted by Crippen LogP contribution is 2.34. The summed E-state index contributed by atoms with van der Waals surface area (Å²) < 4.78 is 13.1. The molecule has 2 rings (SSSR count). The second-order valence-corrected chi connectivity index (χ2v) is 4.11. The molecule has 78 valence electrons. The summed E-state index contributed by atoms with van der Waals surface area (Å²) in [5.41, 5.74) is 1.57. The molecule has 1 atom stereocenters. The maximum absolute atomic E-state index is 13.1. The van der Waals surface area contributed by atoms with E-state index in [1.54, 1.807) is 0 Å². The molecule has 0 heterocycles. The molecule has 1 fully saturated rings. The van der Waals surface area contributed by atoms with Crippen molar-refractivity contribution >= 4 is 5.69 Å². The molecule has 0 bridgehead atoms. The van der Waals surface area contributed by atoms with Crippen LogP contribution in [0.2, 0.25) is 0 Å². The molecule has 0 aromatic heterocycles. The number of rotatable bonds is 3. The average molecular weight is 204 g/mol. The lowest BCUT2D eigenvalue weighted by Gasteiger charge is -2.12. The van der Waals surface area contributed by atoms with E-state index in [-0.39, 0.29) is 11.9 Å². The van der Waals surface area contributed by atoms with Crippen molar-refractivity contribution in [2.45, 2.75) is 25.8 Å². The smallest absolute Gasteiger partial charge is 0.125 e. The van der Waals surface area contributed by atoms with Gasteiger partial charge in [-0.15, -0.1) is 0 Å². The number of anilines is 1. The van der Waals surface area contributed by atoms with Gasteiger partial charge in [-0.3, -0.25) is 0 Å². The van der Waals surface area contributed by atoms with Gasteiger partial charge in [0.2, 0.25) is 0 Å². The fourth-order valence-corrected chi connectivity index (χ4v) is 1.68. The van der Waals surface area contributed by atoms with Crippen molar-refractivity contribution in [2.75, 3.05) is 5.32 Å². The predicted octanol–water partition coefficient (Wildman–Crippen LogP) is 2.85. The monoisotopic (exact) mass is 204 g/mol. The van der Waals surface area contributed by atoms with Crippen LogP contribution in [0.1, 0.15) is 18.4 Å². The molecule has 0 spiro atoms. The highest BCUT2D eigenvalue weighted by Gasteiger charge is 2.31. The number of hydrogen-bond acceptors (Lipinski definition) is 2. The summed E-state index contributed by atoms with van der Waals surface area (Å²) in [6.45, 7) is 1.84. The standard InChI is InChI=1S/C12H13FN2/c1-8-4-10(13)6-11(5-8)15-12(7-14)9-2-3-9/h4-6,9,12,15H,2-3H2,1H3. The van der Waals surface area contributed by atoms with Crippen LogP contribution in [0.25, 0.3) is 0 Å². The molecule has 1 unspecified atom stereocenters. The van der Waals surface area contributed by atoms with E-state index in [0.29, 0.717) is 11.6 Å². The highest BCUT2D eigenvalue weighted by molar-refractivity contribution is 5.48. The predicted molar refractivity (Wildman–Crippen MR) is 56.9 cm³/mol. The molecular weight excluding hydrogens is 191 g/mol. The third-order valence-corrected chi connectivity index (χ3v) is 2.60. The Bertz CT molecular complexity index is 384. The Kier molecular flexibility index (Phi) is 2.59. The topological polar surface area (TPSA) is 35.8 Å². The Balaban J connectivity index is 2.12. The summed E-state index contributed by atoms with van der Waals surface area (Å²) in [5.74, 6) is 0.184. The zero-order valence-corrected chi connectivity index (χ0v) is 8.63. The van der Waals surface area contributed by atoms with Crippen LogP contribution in [0, 0.1) is 30.0 Å². The molecule has 3 heteroatoms. The van der Waals surface area contributed by atoms with Crippen LogP contribution in [-0.4, -0.2) is 6.04 Å². The zero-order chi connectivity index (χ0) is 10.8. The van der Waals surface area contributed by atoms with E-state index in [2.05, 4.69) is 11.4 Å². The van der Waals surface area contributed by atoms with Gasteiger partial charge >= 0.3 is 0 Å². The van der Waals surface area contributed by atoms with Crippen LogP contribution in [0.15, 0.2) is 18.2 Å². The molecule has 1 aromatic rings. The fraction of sp³-hybridized carbons (Fsp3) is 0.417. The third kappa shape index (κ3) is 2.47. The van der Waals surface area contributed by atoms with Gasteiger partial charge in [-0.05, 0) is 49.4 Å². The molecule has 1 aromatic carbocycles. The third-order valence-electron chi connectivity index (χ3n) is 2.60. The van der Waals surface area contributed by atoms with E-state index in [1.807, 2.05) is 13.0 Å². The van der Waals surface area contributed by atoms with Gasteiger partial charge in [-0.1, -0.05) is 0 Å². The van der Waals surface area contributed by atoms with Gasteiger partial charge in [0.25, 0.3) is 0 Å². The van der Waals surface area contributed by atoms with Gasteiger partial charge < -0.3 is 5.32 Å². The molecule has 15 heavy (non-hydrogen) atoms. The lowest BCUT2D eigenvalue weighted by molar-refractivity contribution is 0.626. The molecule has 2 nitrogen and oxygen atoms in total. The number of halogens is 1. The number of nitrogens with zero attached hydrogens (tertiary/aromatic N) is 1. The van der Waals surface area contributed by atoms with E-state index in [4.69, 9.17) is 5.26 Å². The summed E-state index contributed by atoms with van der Waals surface area (Å²) in [7, 11) is 0. The molecule has 0 aliphatic heterocycles. The van der Waals surface area contributed by atoms with Gasteiger partial charge in [0.1, 0.15) is 11.9 Å². The second-order valence-electron chi connectivity index (χ2n) is 4.11. The van der Waals surface area contributed by atoms with E-state index < -0.39 is 0 Å². The highest BCUT2D eigenvalue weighted by atomic mass is 19.1. The summed E-state index contributed by atoms with van der Waals surface area (Å²) in [4.78, 5) is 0. The minimum atomic E-state index is -0.259. The van der Waals surface area contributed by atoms with E-state index in [1.165, 1.54) is 12.1 Å². The Morgan fingerprint density at radius 1 is 1.47 bits per heavy atom. The largest absolute Gasteiger partial charge is 0.370 e. The van der Waals surface area contributed by atoms with E-state index >= 15 is 0 Å². The Labute approximate surface area is 88.7 Å². The van der Waals surface area contributed by atoms with Gasteiger partial charge in [0, 0.05) is 5.69 Å². The molecule has 1 aliphatic rings. The number of aryl methyl sites for hydroxylation is 1. The molecule has 1 N–H and O–H groups in total. The molecule has 0 amide bonds. The first-order valence-corrected chi connectivity index (χ1v) is 5.12. The molecule has 1 saturated carbocycles. The van der Waals surface area contributed by atoms with Crippen molar-refractivity contribution in [3.8, 4) is 6.07 Å². The van der Waals surface area contributed by atoms with Gasteiger partial charge in [0.05, 0.1) is 6.07 Å². The Morgan fingerprint density at radius 2 is 2.20 bits per heavy atom. The fourth-order valence-electron chi connectivity index (χ4n) is 1.68. The second kappa shape index (κ2) is 3.90. The van der Waals surface area contributed by atoms with Crippen LogP contribution in [0.4, 0.5) is 10.1 Å². The first kappa shape index (κ1) is 9.97. The van der Waals surface area contributed by atoms with Crippen LogP contribution in [0.3, 0.4) is 0 Å². The van der Waals surface area contributed by atoms with Gasteiger partial charge in [-0.25, -0.2) is 4.39 Å². The number of nitrogens with one attached hydrogen (secondary N) is 1. The number of hydrogen-bond donors (Lipinski definition) is 1. The molecular formula is C12H13FN2. The van der Waals surface area contributed by atoms with Crippen molar-refractivity contribution in [2.24, 2.45) is 5.92 Å². The lowest BCUT2D eigenvalue weighted by atomic mass is 10.1. The van der Waals surface area contributed by atoms with E-state index in [9.17, 15) is 4.39 Å². The first-order valence-electron chi connectivity index (χ1n) is 5.12. The summed E-state index contributed by atoms with van der Waals surface area (Å²) in [5, 5.41) is 12.0. The summed E-state index contributed by atoms with van der Waals surface area (Å²) >= 11 is 0.